The molecule has 0 aromatic rings. The molecule has 0 rings (SSSR count). The van der Waals surface area contributed by atoms with Crippen LogP contribution in [0.4, 0.5) is 0 Å². The summed E-state index contributed by atoms with van der Waals surface area (Å²) in [7, 11) is 2.45. The quantitative estimate of drug-likeness (QED) is 0.427. The first kappa shape index (κ1) is 20.7. The first-order valence-electron chi connectivity index (χ1n) is 5.69. The van der Waals surface area contributed by atoms with Gasteiger partial charge in [-0.15, -0.1) is 0 Å². The Morgan fingerprint density at radius 1 is 1.05 bits per heavy atom. The third-order valence-electron chi connectivity index (χ3n) is 1.69. The molecule has 0 aliphatic heterocycles. The Bertz CT molecular complexity index is 404. The molecule has 1 N–H and O–H groups in total. The summed E-state index contributed by atoms with van der Waals surface area (Å²) in [4.78, 5) is 41.4. The minimum atomic E-state index is -1.08. The topological polar surface area (TPSA) is 116 Å². The molecule has 0 heterocycles. The summed E-state index contributed by atoms with van der Waals surface area (Å²) < 4.78 is 12.9. The Balaban J connectivity index is 0. The number of aliphatic carboxylic acids is 1. The van der Waals surface area contributed by atoms with Gasteiger partial charge in [-0.1, -0.05) is 6.58 Å². The molecule has 0 aromatic carbocycles. The average molecular weight is 302 g/mol. The van der Waals surface area contributed by atoms with E-state index in [-0.39, 0.29) is 18.6 Å². The second-order valence-corrected chi connectivity index (χ2v) is 3.27. The molecule has 0 atom stereocenters. The van der Waals surface area contributed by atoms with Gasteiger partial charge in [0.1, 0.15) is 0 Å². The van der Waals surface area contributed by atoms with E-state index in [1.54, 1.807) is 6.92 Å². The van der Waals surface area contributed by atoms with Gasteiger partial charge in [-0.3, -0.25) is 4.79 Å². The fourth-order valence-electron chi connectivity index (χ4n) is 0.760. The van der Waals surface area contributed by atoms with Crippen LogP contribution >= 0.6 is 0 Å². The van der Waals surface area contributed by atoms with Crippen molar-refractivity contribution in [2.24, 2.45) is 0 Å². The maximum Gasteiger partial charge on any atom is 0.333 e. The fourth-order valence-corrected chi connectivity index (χ4v) is 0.760. The number of carbonyl (C=O) groups is 4. The Hall–Kier alpha value is -2.64. The van der Waals surface area contributed by atoms with Gasteiger partial charge in [-0.05, 0) is 6.92 Å². The van der Waals surface area contributed by atoms with Crippen LogP contribution in [0.1, 0.15) is 13.3 Å². The van der Waals surface area contributed by atoms with E-state index < -0.39 is 23.9 Å². The smallest absolute Gasteiger partial charge is 0.333 e. The number of carboxylic acids is 1. The molecule has 8 heteroatoms. The zero-order chi connectivity index (χ0) is 16.8. The molecule has 0 aliphatic rings. The number of ether oxygens (including phenoxy) is 3. The summed E-state index contributed by atoms with van der Waals surface area (Å²) in [5.74, 6) is -2.88. The summed E-state index contributed by atoms with van der Waals surface area (Å²) in [6.45, 7) is 5.14. The number of rotatable bonds is 6. The van der Waals surface area contributed by atoms with Crippen molar-refractivity contribution in [3.63, 3.8) is 0 Å². The van der Waals surface area contributed by atoms with Gasteiger partial charge in [0.05, 0.1) is 27.2 Å². The van der Waals surface area contributed by atoms with E-state index in [0.717, 1.165) is 12.2 Å². The Morgan fingerprint density at radius 3 is 1.76 bits per heavy atom. The lowest BCUT2D eigenvalue weighted by atomic mass is 10.2. The van der Waals surface area contributed by atoms with Gasteiger partial charge in [0.25, 0.3) is 0 Å². The lowest BCUT2D eigenvalue weighted by molar-refractivity contribution is -0.142. The van der Waals surface area contributed by atoms with E-state index in [1.165, 1.54) is 14.2 Å². The van der Waals surface area contributed by atoms with Crippen LogP contribution in [-0.2, 0) is 33.4 Å². The predicted molar refractivity (Wildman–Crippen MR) is 71.2 cm³/mol. The SMILES string of the molecule is C=C(CC(=O)O)C(=O)OCC.COC(=O)/C=C\C(=O)OC. The molecule has 0 spiro atoms. The van der Waals surface area contributed by atoms with Crippen LogP contribution in [0.3, 0.4) is 0 Å². The molecule has 0 aliphatic carbocycles. The number of carboxylic acid groups (broad SMARTS) is 1. The molecule has 21 heavy (non-hydrogen) atoms. The van der Waals surface area contributed by atoms with Crippen molar-refractivity contribution in [2.45, 2.75) is 13.3 Å². The van der Waals surface area contributed by atoms with Gasteiger partial charge in [0.2, 0.25) is 0 Å². The highest BCUT2D eigenvalue weighted by atomic mass is 16.5. The van der Waals surface area contributed by atoms with Gasteiger partial charge in [-0.25, -0.2) is 14.4 Å². The normalized spacial score (nSPS) is 9.10. The predicted octanol–water partition coefficient (Wildman–Crippen LogP) is 0.469. The van der Waals surface area contributed by atoms with E-state index in [9.17, 15) is 19.2 Å². The van der Waals surface area contributed by atoms with E-state index >= 15 is 0 Å². The first-order chi connectivity index (χ1) is 9.78. The van der Waals surface area contributed by atoms with Crippen LogP contribution in [0.15, 0.2) is 24.3 Å². The third kappa shape index (κ3) is 13.6. The standard InChI is InChI=1S/C7H10O4.C6H8O4/c1-3-11-7(10)5(2)4-6(8)9;1-9-5(7)3-4-6(8)10-2/h2-4H2,1H3,(H,8,9);3-4H,1-2H3/b;4-3-. The van der Waals surface area contributed by atoms with Gasteiger partial charge in [0, 0.05) is 17.7 Å². The molecular weight excluding hydrogens is 284 g/mol. The van der Waals surface area contributed by atoms with Crippen molar-refractivity contribution in [1.29, 1.82) is 0 Å². The zero-order valence-corrected chi connectivity index (χ0v) is 12.1. The molecule has 118 valence electrons. The Morgan fingerprint density at radius 2 is 1.48 bits per heavy atom. The van der Waals surface area contributed by atoms with E-state index in [4.69, 9.17) is 5.11 Å². The summed E-state index contributed by atoms with van der Waals surface area (Å²) in [5.41, 5.74) is -0.0284. The second-order valence-electron chi connectivity index (χ2n) is 3.27. The van der Waals surface area contributed by atoms with Crippen LogP contribution in [-0.4, -0.2) is 49.8 Å². The van der Waals surface area contributed by atoms with E-state index in [2.05, 4.69) is 20.8 Å². The van der Waals surface area contributed by atoms with Crippen LogP contribution in [0, 0.1) is 0 Å². The lowest BCUT2D eigenvalue weighted by Gasteiger charge is -2.00. The summed E-state index contributed by atoms with van der Waals surface area (Å²) >= 11 is 0. The van der Waals surface area contributed by atoms with Crippen molar-refractivity contribution >= 4 is 23.9 Å². The molecular formula is C13H18O8. The zero-order valence-electron chi connectivity index (χ0n) is 12.1. The van der Waals surface area contributed by atoms with Crippen LogP contribution in [0.5, 0.6) is 0 Å². The van der Waals surface area contributed by atoms with Gasteiger partial charge < -0.3 is 19.3 Å². The maximum absolute atomic E-state index is 10.7. The molecule has 0 saturated carbocycles. The monoisotopic (exact) mass is 302 g/mol. The van der Waals surface area contributed by atoms with Crippen molar-refractivity contribution in [1.82, 2.24) is 0 Å². The van der Waals surface area contributed by atoms with Crippen molar-refractivity contribution < 1.29 is 38.5 Å². The number of hydrogen-bond donors (Lipinski definition) is 1. The highest BCUT2D eigenvalue weighted by Gasteiger charge is 2.10. The number of carbonyl (C=O) groups excluding carboxylic acids is 3. The van der Waals surface area contributed by atoms with Gasteiger partial charge >= 0.3 is 23.9 Å². The molecule has 0 radical (unpaired) electrons. The molecule has 0 unspecified atom stereocenters. The highest BCUT2D eigenvalue weighted by molar-refractivity contribution is 5.92. The van der Waals surface area contributed by atoms with Crippen molar-refractivity contribution in [3.8, 4) is 0 Å². The molecule has 8 nitrogen and oxygen atoms in total. The Kier molecular flexibility index (Phi) is 12.2. The molecule has 0 fully saturated rings. The van der Waals surface area contributed by atoms with Crippen LogP contribution in [0.25, 0.3) is 0 Å². The minimum absolute atomic E-state index is 0.0284. The number of hydrogen-bond acceptors (Lipinski definition) is 7. The second kappa shape index (κ2) is 12.4. The van der Waals surface area contributed by atoms with Crippen LogP contribution in [0.2, 0.25) is 0 Å². The lowest BCUT2D eigenvalue weighted by Crippen LogP contribution is -2.10. The molecule has 0 saturated heterocycles. The number of esters is 3. The molecule has 0 amide bonds. The minimum Gasteiger partial charge on any atom is -0.481 e. The molecule has 0 aromatic heterocycles. The van der Waals surface area contributed by atoms with Crippen molar-refractivity contribution in [2.75, 3.05) is 20.8 Å². The average Bonchev–Trinajstić information content (AvgIpc) is 2.44. The van der Waals surface area contributed by atoms with Gasteiger partial charge in [0.15, 0.2) is 0 Å². The molecule has 0 bridgehead atoms. The summed E-state index contributed by atoms with van der Waals surface area (Å²) in [5, 5.41) is 8.23. The fraction of sp³-hybridized carbons (Fsp3) is 0.385. The van der Waals surface area contributed by atoms with E-state index in [0.29, 0.717) is 0 Å². The van der Waals surface area contributed by atoms with Crippen LogP contribution < -0.4 is 0 Å². The maximum atomic E-state index is 10.7. The van der Waals surface area contributed by atoms with E-state index in [1.807, 2.05) is 0 Å². The highest BCUT2D eigenvalue weighted by Crippen LogP contribution is 2.00. The first-order valence-corrected chi connectivity index (χ1v) is 5.69. The number of methoxy groups -OCH3 is 2. The summed E-state index contributed by atoms with van der Waals surface area (Å²) in [6, 6.07) is 0. The Labute approximate surface area is 122 Å². The third-order valence-corrected chi connectivity index (χ3v) is 1.69. The van der Waals surface area contributed by atoms with Gasteiger partial charge in [-0.2, -0.15) is 0 Å². The largest absolute Gasteiger partial charge is 0.481 e. The van der Waals surface area contributed by atoms with Crippen molar-refractivity contribution in [3.05, 3.63) is 24.3 Å². The summed E-state index contributed by atoms with van der Waals surface area (Å²) in [6.07, 6.45) is 1.62.